The Labute approximate surface area is 179 Å². The molecule has 0 saturated carbocycles. The van der Waals surface area contributed by atoms with E-state index in [1.165, 1.54) is 5.56 Å². The zero-order valence-electron chi connectivity index (χ0n) is 17.7. The minimum atomic E-state index is 0.594. The molecule has 2 aromatic carbocycles. The monoisotopic (exact) mass is 412 g/mol. The molecular weight excluding hydrogens is 388 g/mol. The average Bonchev–Trinajstić information content (AvgIpc) is 3.53. The number of hydrogen-bond acceptors (Lipinski definition) is 5. The highest BCUT2D eigenvalue weighted by atomic mass is 15.5. The minimum absolute atomic E-state index is 0.594. The predicted octanol–water partition coefficient (Wildman–Crippen LogP) is 3.94. The summed E-state index contributed by atoms with van der Waals surface area (Å²) in [5.74, 6) is 1.63. The first-order valence-corrected chi connectivity index (χ1v) is 10.6. The molecule has 5 rings (SSSR count). The molecule has 8 heteroatoms. The molecule has 156 valence electrons. The number of aryl methyl sites for hydroxylation is 2. The van der Waals surface area contributed by atoms with Crippen molar-refractivity contribution in [3.05, 3.63) is 71.7 Å². The molecule has 0 aliphatic rings. The van der Waals surface area contributed by atoms with Gasteiger partial charge in [0.1, 0.15) is 5.82 Å². The van der Waals surface area contributed by atoms with Gasteiger partial charge in [0, 0.05) is 18.1 Å². The highest BCUT2D eigenvalue weighted by molar-refractivity contribution is 5.80. The Balaban J connectivity index is 1.46. The van der Waals surface area contributed by atoms with Gasteiger partial charge < -0.3 is 4.57 Å². The first-order valence-electron chi connectivity index (χ1n) is 10.6. The molecule has 0 amide bonds. The average molecular weight is 413 g/mol. The Hall–Kier alpha value is -3.81. The van der Waals surface area contributed by atoms with Gasteiger partial charge in [-0.1, -0.05) is 68.8 Å². The van der Waals surface area contributed by atoms with Crippen molar-refractivity contribution in [1.82, 2.24) is 40.0 Å². The molecule has 0 saturated heterocycles. The van der Waals surface area contributed by atoms with Gasteiger partial charge in [-0.2, -0.15) is 10.3 Å². The lowest BCUT2D eigenvalue weighted by atomic mass is 9.98. The van der Waals surface area contributed by atoms with Crippen molar-refractivity contribution in [2.45, 2.75) is 39.7 Å². The second-order valence-corrected chi connectivity index (χ2v) is 7.57. The quantitative estimate of drug-likeness (QED) is 0.437. The van der Waals surface area contributed by atoms with Crippen LogP contribution in [0.4, 0.5) is 0 Å². The van der Waals surface area contributed by atoms with E-state index in [1.54, 1.807) is 4.63 Å². The number of aromatic nitrogens is 8. The molecule has 0 aliphatic carbocycles. The fourth-order valence-corrected chi connectivity index (χ4v) is 3.95. The predicted molar refractivity (Wildman–Crippen MR) is 119 cm³/mol. The van der Waals surface area contributed by atoms with Crippen molar-refractivity contribution in [3.63, 3.8) is 0 Å². The third-order valence-corrected chi connectivity index (χ3v) is 5.46. The van der Waals surface area contributed by atoms with E-state index in [9.17, 15) is 0 Å². The van der Waals surface area contributed by atoms with Crippen molar-refractivity contribution < 1.29 is 0 Å². The van der Waals surface area contributed by atoms with Gasteiger partial charge in [0.15, 0.2) is 5.65 Å². The third kappa shape index (κ3) is 3.61. The summed E-state index contributed by atoms with van der Waals surface area (Å²) >= 11 is 0. The van der Waals surface area contributed by atoms with Crippen molar-refractivity contribution in [2.75, 3.05) is 0 Å². The van der Waals surface area contributed by atoms with Crippen LogP contribution in [-0.2, 0) is 19.4 Å². The second kappa shape index (κ2) is 8.14. The van der Waals surface area contributed by atoms with E-state index in [4.69, 9.17) is 0 Å². The fraction of sp³-hybridized carbons (Fsp3) is 0.261. The van der Waals surface area contributed by atoms with Crippen LogP contribution in [-0.4, -0.2) is 40.0 Å². The molecule has 3 heterocycles. The van der Waals surface area contributed by atoms with Gasteiger partial charge >= 0.3 is 0 Å². The molecule has 3 aromatic heterocycles. The number of tetrazole rings is 1. The van der Waals surface area contributed by atoms with Crippen molar-refractivity contribution in [1.29, 1.82) is 0 Å². The molecule has 0 bridgehead atoms. The summed E-state index contributed by atoms with van der Waals surface area (Å²) in [6.07, 6.45) is 2.91. The maximum atomic E-state index is 4.68. The number of fused-ring (bicyclic) bond motifs is 1. The third-order valence-electron chi connectivity index (χ3n) is 5.46. The summed E-state index contributed by atoms with van der Waals surface area (Å²) in [5.41, 5.74) is 6.51. The largest absolute Gasteiger partial charge is 0.307 e. The summed E-state index contributed by atoms with van der Waals surface area (Å²) in [6, 6.07) is 18.9. The maximum Gasteiger partial charge on any atom is 0.205 e. The van der Waals surface area contributed by atoms with Gasteiger partial charge in [-0.25, -0.2) is 0 Å². The number of nitrogens with zero attached hydrogens (tertiary/aromatic N) is 7. The van der Waals surface area contributed by atoms with Crippen LogP contribution < -0.4 is 0 Å². The van der Waals surface area contributed by atoms with Crippen LogP contribution in [0.3, 0.4) is 0 Å². The Morgan fingerprint density at radius 2 is 1.74 bits per heavy atom. The van der Waals surface area contributed by atoms with Crippen LogP contribution in [0.1, 0.15) is 37.4 Å². The molecule has 0 aliphatic heterocycles. The first kappa shape index (κ1) is 19.2. The lowest BCUT2D eigenvalue weighted by Crippen LogP contribution is -2.04. The van der Waals surface area contributed by atoms with Gasteiger partial charge in [0.25, 0.3) is 0 Å². The van der Waals surface area contributed by atoms with Crippen LogP contribution in [0.2, 0.25) is 0 Å². The minimum Gasteiger partial charge on any atom is -0.307 e. The van der Waals surface area contributed by atoms with Crippen molar-refractivity contribution in [3.8, 4) is 22.5 Å². The number of hydrogen-bond donors (Lipinski definition) is 1. The van der Waals surface area contributed by atoms with Crippen LogP contribution in [0.15, 0.2) is 54.6 Å². The summed E-state index contributed by atoms with van der Waals surface area (Å²) in [7, 11) is 0. The molecular formula is C23H24N8. The van der Waals surface area contributed by atoms with E-state index in [0.717, 1.165) is 59.7 Å². The Morgan fingerprint density at radius 3 is 2.45 bits per heavy atom. The number of nitrogens with one attached hydrogen (secondary N) is 1. The van der Waals surface area contributed by atoms with Gasteiger partial charge in [-0.05, 0) is 28.3 Å². The van der Waals surface area contributed by atoms with Gasteiger partial charge in [0.2, 0.25) is 5.82 Å². The lowest BCUT2D eigenvalue weighted by molar-refractivity contribution is 0.728. The number of H-pyrrole nitrogens is 1. The van der Waals surface area contributed by atoms with Crippen LogP contribution >= 0.6 is 0 Å². The molecule has 0 spiro atoms. The molecule has 0 atom stereocenters. The molecule has 1 N–H and O–H groups in total. The normalized spacial score (nSPS) is 11.4. The molecule has 0 fully saturated rings. The van der Waals surface area contributed by atoms with Crippen LogP contribution in [0, 0.1) is 0 Å². The van der Waals surface area contributed by atoms with E-state index in [0.29, 0.717) is 5.82 Å². The molecule has 31 heavy (non-hydrogen) atoms. The van der Waals surface area contributed by atoms with E-state index in [2.05, 4.69) is 85.6 Å². The van der Waals surface area contributed by atoms with Crippen molar-refractivity contribution >= 4 is 5.65 Å². The second-order valence-electron chi connectivity index (χ2n) is 7.57. The van der Waals surface area contributed by atoms with E-state index in [-0.39, 0.29) is 0 Å². The van der Waals surface area contributed by atoms with Gasteiger partial charge in [-0.3, -0.25) is 0 Å². The zero-order valence-corrected chi connectivity index (χ0v) is 17.7. The Morgan fingerprint density at radius 1 is 0.935 bits per heavy atom. The highest BCUT2D eigenvalue weighted by Crippen LogP contribution is 2.30. The standard InChI is InChI=1S/C23H24N8/c1-3-7-18-14-22-30(21(4-2)27-31(22)26-18)15-16-10-12-17(13-11-16)19-8-5-6-9-20(19)23-24-28-29-25-23/h5-6,8-14H,3-4,7,15H2,1-2H3,(H,24,25,28,29). The van der Waals surface area contributed by atoms with E-state index >= 15 is 0 Å². The smallest absolute Gasteiger partial charge is 0.205 e. The summed E-state index contributed by atoms with van der Waals surface area (Å²) in [6.45, 7) is 5.06. The first-order chi connectivity index (χ1) is 15.3. The highest BCUT2D eigenvalue weighted by Gasteiger charge is 2.14. The van der Waals surface area contributed by atoms with Crippen molar-refractivity contribution in [2.24, 2.45) is 0 Å². The topological polar surface area (TPSA) is 89.6 Å². The molecule has 5 aromatic rings. The number of rotatable bonds is 7. The summed E-state index contributed by atoms with van der Waals surface area (Å²) in [5, 5.41) is 23.8. The Kier molecular flexibility index (Phi) is 5.03. The van der Waals surface area contributed by atoms with Crippen LogP contribution in [0.25, 0.3) is 28.2 Å². The fourth-order valence-electron chi connectivity index (χ4n) is 3.95. The molecule has 8 nitrogen and oxygen atoms in total. The zero-order chi connectivity index (χ0) is 21.2. The van der Waals surface area contributed by atoms with E-state index in [1.807, 2.05) is 18.2 Å². The van der Waals surface area contributed by atoms with Gasteiger partial charge in [-0.15, -0.1) is 19.9 Å². The molecule has 0 radical (unpaired) electrons. The Bertz CT molecular complexity index is 1300. The van der Waals surface area contributed by atoms with E-state index < -0.39 is 0 Å². The maximum absolute atomic E-state index is 4.68. The SMILES string of the molecule is CCCc1cc2n(Cc3ccc(-c4ccccc4-c4nn[nH]n4)cc3)c(CC)nn2n1. The van der Waals surface area contributed by atoms with Gasteiger partial charge in [0.05, 0.1) is 12.2 Å². The molecule has 0 unspecified atom stereocenters. The summed E-state index contributed by atoms with van der Waals surface area (Å²) in [4.78, 5) is 0. The van der Waals surface area contributed by atoms with Crippen LogP contribution in [0.5, 0.6) is 0 Å². The lowest BCUT2D eigenvalue weighted by Gasteiger charge is -2.10. The number of aromatic amines is 1. The summed E-state index contributed by atoms with van der Waals surface area (Å²) < 4.78 is 4.04. The number of benzene rings is 2.